The highest BCUT2D eigenvalue weighted by atomic mass is 32.2. The van der Waals surface area contributed by atoms with Crippen molar-refractivity contribution in [2.24, 2.45) is 10.2 Å². The number of nitrogens with zero attached hydrogens (tertiary/aromatic N) is 2. The largest absolute Gasteiger partial charge is 0.481 e. The second-order valence-electron chi connectivity index (χ2n) is 5.23. The van der Waals surface area contributed by atoms with Crippen molar-refractivity contribution in [3.8, 4) is 0 Å². The van der Waals surface area contributed by atoms with E-state index in [0.717, 1.165) is 17.3 Å². The fraction of sp³-hybridized carbons (Fsp3) is 0.235. The van der Waals surface area contributed by atoms with Crippen LogP contribution in [0.3, 0.4) is 0 Å². The SMILES string of the molecule is O=C(O)CCNC(=O)C[C@@H]1S\C(=N/N=C\C=C\c2ccccc2)NC1=O. The maximum Gasteiger partial charge on any atom is 0.305 e. The highest BCUT2D eigenvalue weighted by Crippen LogP contribution is 2.22. The number of allylic oxidation sites excluding steroid dienone is 1. The number of amides is 2. The van der Waals surface area contributed by atoms with Gasteiger partial charge in [0.15, 0.2) is 5.17 Å². The monoisotopic (exact) mass is 374 g/mol. The number of carbonyl (C=O) groups is 3. The first kappa shape index (κ1) is 19.4. The maximum absolute atomic E-state index is 11.8. The van der Waals surface area contributed by atoms with E-state index in [1.165, 1.54) is 6.21 Å². The quantitative estimate of drug-likeness (QED) is 0.467. The van der Waals surface area contributed by atoms with E-state index >= 15 is 0 Å². The number of nitrogens with one attached hydrogen (secondary N) is 2. The molecule has 1 atom stereocenters. The lowest BCUT2D eigenvalue weighted by molar-refractivity contribution is -0.137. The summed E-state index contributed by atoms with van der Waals surface area (Å²) in [5.74, 6) is -1.70. The Hall–Kier alpha value is -2.94. The van der Waals surface area contributed by atoms with Crippen molar-refractivity contribution in [3.63, 3.8) is 0 Å². The van der Waals surface area contributed by atoms with Crippen LogP contribution in [0.15, 0.2) is 46.6 Å². The van der Waals surface area contributed by atoms with E-state index in [-0.39, 0.29) is 31.2 Å². The Morgan fingerprint density at radius 1 is 1.31 bits per heavy atom. The third-order valence-electron chi connectivity index (χ3n) is 3.20. The van der Waals surface area contributed by atoms with E-state index in [9.17, 15) is 14.4 Å². The summed E-state index contributed by atoms with van der Waals surface area (Å²) < 4.78 is 0. The van der Waals surface area contributed by atoms with Gasteiger partial charge < -0.3 is 15.7 Å². The molecule has 8 nitrogen and oxygen atoms in total. The third-order valence-corrected chi connectivity index (χ3v) is 4.27. The van der Waals surface area contributed by atoms with Crippen molar-refractivity contribution in [2.75, 3.05) is 6.54 Å². The minimum Gasteiger partial charge on any atom is -0.481 e. The van der Waals surface area contributed by atoms with Gasteiger partial charge >= 0.3 is 5.97 Å². The summed E-state index contributed by atoms with van der Waals surface area (Å²) in [5.41, 5.74) is 1.03. The Morgan fingerprint density at radius 2 is 2.08 bits per heavy atom. The van der Waals surface area contributed by atoms with Gasteiger partial charge in [-0.15, -0.1) is 5.10 Å². The molecule has 9 heteroatoms. The van der Waals surface area contributed by atoms with E-state index in [1.54, 1.807) is 6.08 Å². The van der Waals surface area contributed by atoms with Gasteiger partial charge in [-0.1, -0.05) is 48.2 Å². The number of carboxylic acids is 1. The van der Waals surface area contributed by atoms with Crippen LogP contribution in [0.5, 0.6) is 0 Å². The zero-order valence-electron chi connectivity index (χ0n) is 13.8. The van der Waals surface area contributed by atoms with Crippen LogP contribution < -0.4 is 10.6 Å². The normalized spacial score (nSPS) is 18.5. The first-order valence-corrected chi connectivity index (χ1v) is 8.71. The molecule has 1 saturated heterocycles. The van der Waals surface area contributed by atoms with Crippen molar-refractivity contribution < 1.29 is 19.5 Å². The minimum atomic E-state index is -0.994. The molecule has 0 unspecified atom stereocenters. The van der Waals surface area contributed by atoms with Gasteiger partial charge in [0.25, 0.3) is 0 Å². The minimum absolute atomic E-state index is 0.0339. The van der Waals surface area contributed by atoms with Gasteiger partial charge in [0.1, 0.15) is 5.25 Å². The lowest BCUT2D eigenvalue weighted by atomic mass is 10.2. The average Bonchev–Trinajstić information content (AvgIpc) is 2.94. The lowest BCUT2D eigenvalue weighted by Crippen LogP contribution is -2.32. The Morgan fingerprint density at radius 3 is 2.81 bits per heavy atom. The molecule has 0 spiro atoms. The molecule has 136 valence electrons. The summed E-state index contributed by atoms with van der Waals surface area (Å²) in [5, 5.41) is 21.0. The Balaban J connectivity index is 1.78. The summed E-state index contributed by atoms with van der Waals surface area (Å²) >= 11 is 1.12. The van der Waals surface area contributed by atoms with E-state index in [1.807, 2.05) is 36.4 Å². The van der Waals surface area contributed by atoms with Crippen LogP contribution in [0.2, 0.25) is 0 Å². The lowest BCUT2D eigenvalue weighted by Gasteiger charge is -2.05. The van der Waals surface area contributed by atoms with Crippen LogP contribution in [0.25, 0.3) is 6.08 Å². The molecule has 26 heavy (non-hydrogen) atoms. The number of thioether (sulfide) groups is 1. The predicted octanol–water partition coefficient (Wildman–Crippen LogP) is 1.25. The number of benzene rings is 1. The smallest absolute Gasteiger partial charge is 0.305 e. The molecule has 0 aliphatic carbocycles. The number of amidine groups is 1. The summed E-state index contributed by atoms with van der Waals surface area (Å²) in [6.45, 7) is 0.0339. The second-order valence-corrected chi connectivity index (χ2v) is 6.42. The zero-order chi connectivity index (χ0) is 18.8. The van der Waals surface area contributed by atoms with Crippen LogP contribution in [0.4, 0.5) is 0 Å². The van der Waals surface area contributed by atoms with Crippen molar-refractivity contribution in [3.05, 3.63) is 42.0 Å². The Bertz CT molecular complexity index is 746. The molecule has 1 aromatic carbocycles. The first-order chi connectivity index (χ1) is 12.5. The van der Waals surface area contributed by atoms with Gasteiger partial charge in [0.05, 0.1) is 6.42 Å². The van der Waals surface area contributed by atoms with E-state index < -0.39 is 11.2 Å². The Kier molecular flexibility index (Phi) is 7.56. The molecular formula is C17H18N4O4S. The van der Waals surface area contributed by atoms with Gasteiger partial charge in [-0.2, -0.15) is 5.10 Å². The van der Waals surface area contributed by atoms with E-state index in [2.05, 4.69) is 20.8 Å². The van der Waals surface area contributed by atoms with E-state index in [4.69, 9.17) is 5.11 Å². The van der Waals surface area contributed by atoms with Gasteiger partial charge in [0, 0.05) is 19.2 Å². The summed E-state index contributed by atoms with van der Waals surface area (Å²) in [6.07, 6.45) is 4.89. The molecule has 2 rings (SSSR count). The maximum atomic E-state index is 11.8. The van der Waals surface area contributed by atoms with Crippen LogP contribution in [0.1, 0.15) is 18.4 Å². The molecule has 0 bridgehead atoms. The standard InChI is InChI=1S/C17H18N4O4S/c22-14(18-10-8-15(23)24)11-13-16(25)20-17(26-13)21-19-9-4-7-12-5-2-1-3-6-12/h1-7,9,13H,8,10-11H2,(H,18,22)(H,23,24)(H,20,21,25)/b7-4+,19-9-/t13-/m0/s1. The number of carboxylic acid groups (broad SMARTS) is 1. The molecule has 0 radical (unpaired) electrons. The Labute approximate surface area is 154 Å². The molecule has 1 aromatic rings. The molecule has 0 aromatic heterocycles. The molecule has 2 amide bonds. The second kappa shape index (κ2) is 10.1. The summed E-state index contributed by atoms with van der Waals surface area (Å²) in [6, 6.07) is 9.70. The third kappa shape index (κ3) is 6.89. The van der Waals surface area contributed by atoms with Gasteiger partial charge in [-0.3, -0.25) is 14.4 Å². The topological polar surface area (TPSA) is 120 Å². The number of carbonyl (C=O) groups excluding carboxylic acids is 2. The van der Waals surface area contributed by atoms with Gasteiger partial charge in [-0.25, -0.2) is 0 Å². The first-order valence-electron chi connectivity index (χ1n) is 7.83. The zero-order valence-corrected chi connectivity index (χ0v) is 14.6. The van der Waals surface area contributed by atoms with Crippen LogP contribution in [-0.4, -0.2) is 46.1 Å². The highest BCUT2D eigenvalue weighted by Gasteiger charge is 2.32. The van der Waals surface area contributed by atoms with Crippen molar-refractivity contribution in [2.45, 2.75) is 18.1 Å². The molecule has 1 heterocycles. The molecular weight excluding hydrogens is 356 g/mol. The van der Waals surface area contributed by atoms with Gasteiger partial charge in [0.2, 0.25) is 11.8 Å². The number of rotatable bonds is 8. The summed E-state index contributed by atoms with van der Waals surface area (Å²) in [4.78, 5) is 33.9. The number of aliphatic carboxylic acids is 1. The van der Waals surface area contributed by atoms with E-state index in [0.29, 0.717) is 5.17 Å². The van der Waals surface area contributed by atoms with Crippen LogP contribution >= 0.6 is 11.8 Å². The fourth-order valence-corrected chi connectivity index (χ4v) is 2.90. The molecule has 1 aliphatic rings. The number of hydrogen-bond acceptors (Lipinski definition) is 6. The van der Waals surface area contributed by atoms with Crippen LogP contribution in [0, 0.1) is 0 Å². The molecule has 3 N–H and O–H groups in total. The van der Waals surface area contributed by atoms with Gasteiger partial charge in [-0.05, 0) is 11.6 Å². The number of hydrogen-bond donors (Lipinski definition) is 3. The molecule has 1 aliphatic heterocycles. The van der Waals surface area contributed by atoms with Crippen LogP contribution in [-0.2, 0) is 14.4 Å². The average molecular weight is 374 g/mol. The van der Waals surface area contributed by atoms with Crippen molar-refractivity contribution >= 4 is 47.0 Å². The van der Waals surface area contributed by atoms with Crippen molar-refractivity contribution in [1.29, 1.82) is 0 Å². The van der Waals surface area contributed by atoms with Crippen molar-refractivity contribution in [1.82, 2.24) is 10.6 Å². The fourth-order valence-electron chi connectivity index (χ4n) is 1.98. The molecule has 0 saturated carbocycles. The molecule has 1 fully saturated rings. The summed E-state index contributed by atoms with van der Waals surface area (Å²) in [7, 11) is 0. The highest BCUT2D eigenvalue weighted by molar-refractivity contribution is 8.15. The predicted molar refractivity (Wildman–Crippen MR) is 101 cm³/mol.